The largest absolute Gasteiger partial charge is 0.350 e. The minimum atomic E-state index is -0.366. The van der Waals surface area contributed by atoms with Crippen molar-refractivity contribution >= 4 is 27.6 Å². The highest BCUT2D eigenvalue weighted by Gasteiger charge is 2.29. The summed E-state index contributed by atoms with van der Waals surface area (Å²) in [7, 11) is 4.08. The summed E-state index contributed by atoms with van der Waals surface area (Å²) in [5, 5.41) is 2.24. The van der Waals surface area contributed by atoms with E-state index in [1.807, 2.05) is 68.7 Å². The van der Waals surface area contributed by atoms with Gasteiger partial charge >= 0.3 is 0 Å². The molecule has 3 heteroatoms. The van der Waals surface area contributed by atoms with Crippen LogP contribution in [0.5, 0.6) is 0 Å². The fraction of sp³-hybridized carbons (Fsp3) is 0.115. The first-order valence-electron chi connectivity index (χ1n) is 9.82. The van der Waals surface area contributed by atoms with Gasteiger partial charge in [0.05, 0.1) is 5.92 Å². The summed E-state index contributed by atoms with van der Waals surface area (Å²) >= 11 is 0. The van der Waals surface area contributed by atoms with Crippen LogP contribution in [-0.4, -0.2) is 14.9 Å². The van der Waals surface area contributed by atoms with E-state index in [1.54, 1.807) is 0 Å². The van der Waals surface area contributed by atoms with E-state index in [1.165, 1.54) is 0 Å². The van der Waals surface area contributed by atoms with Crippen LogP contribution in [0.1, 0.15) is 27.4 Å². The zero-order valence-electron chi connectivity index (χ0n) is 16.5. The Labute approximate surface area is 169 Å². The lowest BCUT2D eigenvalue weighted by atomic mass is 9.84. The molecule has 142 valence electrons. The van der Waals surface area contributed by atoms with Gasteiger partial charge in [-0.2, -0.15) is 0 Å². The molecule has 2 heterocycles. The van der Waals surface area contributed by atoms with E-state index >= 15 is 0 Å². The number of aromatic nitrogens is 2. The Kier molecular flexibility index (Phi) is 4.09. The van der Waals surface area contributed by atoms with Crippen LogP contribution in [0.4, 0.5) is 0 Å². The van der Waals surface area contributed by atoms with Crippen molar-refractivity contribution in [3.8, 4) is 0 Å². The van der Waals surface area contributed by atoms with Gasteiger partial charge in [0, 0.05) is 53.9 Å². The molecule has 5 aromatic rings. The molecule has 5 rings (SSSR count). The quantitative estimate of drug-likeness (QED) is 0.369. The maximum atomic E-state index is 13.8. The molecule has 0 bridgehead atoms. The number of hydrogen-bond donors (Lipinski definition) is 0. The third-order valence-electron chi connectivity index (χ3n) is 5.80. The maximum Gasteiger partial charge on any atom is 0.174 e. The Morgan fingerprint density at radius 3 is 1.62 bits per heavy atom. The highest BCUT2D eigenvalue weighted by atomic mass is 16.1. The number of hydrogen-bond acceptors (Lipinski definition) is 1. The number of ketones is 1. The Morgan fingerprint density at radius 2 is 1.10 bits per heavy atom. The monoisotopic (exact) mass is 378 g/mol. The molecule has 0 amide bonds. The molecule has 0 fully saturated rings. The van der Waals surface area contributed by atoms with Crippen LogP contribution in [-0.2, 0) is 14.1 Å². The maximum absolute atomic E-state index is 13.8. The predicted molar refractivity (Wildman–Crippen MR) is 118 cm³/mol. The van der Waals surface area contributed by atoms with Crippen LogP contribution in [0.15, 0.2) is 91.3 Å². The number of aryl methyl sites for hydroxylation is 2. The molecule has 2 aromatic heterocycles. The van der Waals surface area contributed by atoms with Crippen molar-refractivity contribution in [2.24, 2.45) is 14.1 Å². The number of fused-ring (bicyclic) bond motifs is 2. The van der Waals surface area contributed by atoms with E-state index in [2.05, 4.69) is 45.8 Å². The second-order valence-corrected chi connectivity index (χ2v) is 7.59. The summed E-state index contributed by atoms with van der Waals surface area (Å²) in [6.07, 6.45) is 4.22. The zero-order valence-corrected chi connectivity index (χ0v) is 16.5. The van der Waals surface area contributed by atoms with E-state index in [9.17, 15) is 4.79 Å². The average Bonchev–Trinajstić information content (AvgIpc) is 3.27. The van der Waals surface area contributed by atoms with Crippen molar-refractivity contribution in [2.75, 3.05) is 0 Å². The van der Waals surface area contributed by atoms with Crippen molar-refractivity contribution in [2.45, 2.75) is 5.92 Å². The molecule has 3 nitrogen and oxygen atoms in total. The predicted octanol–water partition coefficient (Wildman–Crippen LogP) is 5.68. The lowest BCUT2D eigenvalue weighted by Crippen LogP contribution is -2.14. The highest BCUT2D eigenvalue weighted by Crippen LogP contribution is 2.38. The molecule has 0 aliphatic heterocycles. The molecule has 0 atom stereocenters. The second-order valence-electron chi connectivity index (χ2n) is 7.59. The zero-order chi connectivity index (χ0) is 20.0. The molecule has 0 unspecified atom stereocenters. The number of para-hydroxylation sites is 2. The van der Waals surface area contributed by atoms with Crippen LogP contribution in [0.2, 0.25) is 0 Å². The van der Waals surface area contributed by atoms with Gasteiger partial charge in [-0.15, -0.1) is 0 Å². The first-order valence-corrected chi connectivity index (χ1v) is 9.82. The fourth-order valence-electron chi connectivity index (χ4n) is 4.43. The first kappa shape index (κ1) is 17.5. The van der Waals surface area contributed by atoms with Gasteiger partial charge in [-0.3, -0.25) is 4.79 Å². The molecular formula is C26H22N2O. The summed E-state index contributed by atoms with van der Waals surface area (Å²) < 4.78 is 4.22. The number of Topliss-reactive ketones (excluding diaryl/α,β-unsaturated/α-hetero) is 1. The highest BCUT2D eigenvalue weighted by molar-refractivity contribution is 6.07. The molecule has 0 saturated heterocycles. The van der Waals surface area contributed by atoms with E-state index in [0.29, 0.717) is 0 Å². The lowest BCUT2D eigenvalue weighted by Gasteiger charge is -2.16. The minimum Gasteiger partial charge on any atom is -0.350 e. The van der Waals surface area contributed by atoms with Crippen molar-refractivity contribution in [1.29, 1.82) is 0 Å². The van der Waals surface area contributed by atoms with Crippen LogP contribution in [0.25, 0.3) is 21.8 Å². The standard InChI is InChI=1S/C26H22N2O/c1-27-16-21(19-12-6-8-14-23(19)27)25(26(29)18-10-4-3-5-11-18)22-17-28(2)24-15-9-7-13-20(22)24/h3-17,25H,1-2H3. The summed E-state index contributed by atoms with van der Waals surface area (Å²) in [5.74, 6) is -0.243. The Balaban J connectivity index is 1.81. The third kappa shape index (κ3) is 2.78. The summed E-state index contributed by atoms with van der Waals surface area (Å²) in [5.41, 5.74) is 5.10. The van der Waals surface area contributed by atoms with Gasteiger partial charge in [-0.25, -0.2) is 0 Å². The number of carbonyl (C=O) groups is 1. The van der Waals surface area contributed by atoms with Gasteiger partial charge in [0.2, 0.25) is 0 Å². The third-order valence-corrected chi connectivity index (χ3v) is 5.80. The van der Waals surface area contributed by atoms with Gasteiger partial charge in [0.25, 0.3) is 0 Å². The SMILES string of the molecule is Cn1cc(C(C(=O)c2ccccc2)c2cn(C)c3ccccc23)c2ccccc21. The van der Waals surface area contributed by atoms with Gasteiger partial charge < -0.3 is 9.13 Å². The van der Waals surface area contributed by atoms with Gasteiger partial charge in [-0.1, -0.05) is 66.7 Å². The molecule has 0 saturated carbocycles. The summed E-state index contributed by atoms with van der Waals surface area (Å²) in [4.78, 5) is 13.8. The number of benzene rings is 3. The first-order chi connectivity index (χ1) is 14.1. The van der Waals surface area contributed by atoms with Gasteiger partial charge in [0.1, 0.15) is 0 Å². The van der Waals surface area contributed by atoms with Crippen molar-refractivity contribution < 1.29 is 4.79 Å². The van der Waals surface area contributed by atoms with Gasteiger partial charge in [0.15, 0.2) is 5.78 Å². The van der Waals surface area contributed by atoms with Crippen LogP contribution < -0.4 is 0 Å². The molecular weight excluding hydrogens is 356 g/mol. The fourth-order valence-corrected chi connectivity index (χ4v) is 4.43. The molecule has 0 N–H and O–H groups in total. The molecule has 0 aliphatic rings. The van der Waals surface area contributed by atoms with E-state index in [0.717, 1.165) is 38.5 Å². The molecule has 0 aliphatic carbocycles. The van der Waals surface area contributed by atoms with E-state index in [4.69, 9.17) is 0 Å². The molecule has 0 radical (unpaired) electrons. The van der Waals surface area contributed by atoms with Crippen LogP contribution in [0.3, 0.4) is 0 Å². The van der Waals surface area contributed by atoms with Crippen LogP contribution >= 0.6 is 0 Å². The van der Waals surface area contributed by atoms with Crippen molar-refractivity contribution in [3.63, 3.8) is 0 Å². The minimum absolute atomic E-state index is 0.123. The number of rotatable bonds is 4. The molecule has 3 aromatic carbocycles. The summed E-state index contributed by atoms with van der Waals surface area (Å²) in [6, 6.07) is 26.2. The number of nitrogens with zero attached hydrogens (tertiary/aromatic N) is 2. The Bertz CT molecular complexity index is 1260. The molecule has 0 spiro atoms. The normalized spacial score (nSPS) is 11.6. The Hall–Kier alpha value is -3.59. The number of carbonyl (C=O) groups excluding carboxylic acids is 1. The molecule has 29 heavy (non-hydrogen) atoms. The summed E-state index contributed by atoms with van der Waals surface area (Å²) in [6.45, 7) is 0. The Morgan fingerprint density at radius 1 is 0.655 bits per heavy atom. The lowest BCUT2D eigenvalue weighted by molar-refractivity contribution is 0.0974. The smallest absolute Gasteiger partial charge is 0.174 e. The van der Waals surface area contributed by atoms with Crippen LogP contribution in [0, 0.1) is 0 Å². The average molecular weight is 378 g/mol. The van der Waals surface area contributed by atoms with Crippen molar-refractivity contribution in [3.05, 3.63) is 108 Å². The second kappa shape index (κ2) is 6.78. The topological polar surface area (TPSA) is 26.9 Å². The van der Waals surface area contributed by atoms with Gasteiger partial charge in [-0.05, 0) is 23.3 Å². The van der Waals surface area contributed by atoms with E-state index in [-0.39, 0.29) is 11.7 Å². The van der Waals surface area contributed by atoms with Crippen molar-refractivity contribution in [1.82, 2.24) is 9.13 Å². The van der Waals surface area contributed by atoms with E-state index < -0.39 is 0 Å².